The van der Waals surface area contributed by atoms with Crippen LogP contribution in [-0.2, 0) is 9.53 Å². The summed E-state index contributed by atoms with van der Waals surface area (Å²) >= 11 is 0. The summed E-state index contributed by atoms with van der Waals surface area (Å²) in [5.41, 5.74) is -0.0486. The second kappa shape index (κ2) is 4.72. The molecule has 0 aromatic heterocycles. The maximum Gasteiger partial charge on any atom is 0.249 e. The van der Waals surface area contributed by atoms with Crippen LogP contribution in [0.2, 0.25) is 0 Å². The summed E-state index contributed by atoms with van der Waals surface area (Å²) in [6, 6.07) is 0.273. The van der Waals surface area contributed by atoms with Crippen molar-refractivity contribution in [3.8, 4) is 0 Å². The Kier molecular flexibility index (Phi) is 3.50. The molecule has 2 heterocycles. The number of rotatable bonds is 1. The van der Waals surface area contributed by atoms with Crippen LogP contribution < -0.4 is 5.32 Å². The maximum atomic E-state index is 12.0. The van der Waals surface area contributed by atoms with E-state index < -0.39 is 0 Å². The first-order valence-electron chi connectivity index (χ1n) is 6.26. The molecular weight excluding hydrogens is 204 g/mol. The molecule has 2 rings (SSSR count). The van der Waals surface area contributed by atoms with Gasteiger partial charge in [0.2, 0.25) is 5.91 Å². The summed E-state index contributed by atoms with van der Waals surface area (Å²) in [5, 5.41) is 3.40. The minimum Gasteiger partial charge on any atom is -0.369 e. The van der Waals surface area contributed by atoms with Crippen molar-refractivity contribution in [3.05, 3.63) is 0 Å². The van der Waals surface area contributed by atoms with Crippen LogP contribution in [0.1, 0.15) is 33.1 Å². The molecule has 1 amide bonds. The normalized spacial score (nSPS) is 32.2. The minimum atomic E-state index is -0.0486. The summed E-state index contributed by atoms with van der Waals surface area (Å²) < 4.78 is 5.49. The Balaban J connectivity index is 2.22. The average Bonchev–Trinajstić information content (AvgIpc) is 2.43. The van der Waals surface area contributed by atoms with Crippen molar-refractivity contribution in [3.63, 3.8) is 0 Å². The maximum absolute atomic E-state index is 12.0. The Hall–Kier alpha value is -0.610. The lowest BCUT2D eigenvalue weighted by Crippen LogP contribution is -2.62. The fourth-order valence-corrected chi connectivity index (χ4v) is 3.07. The van der Waals surface area contributed by atoms with Gasteiger partial charge in [-0.1, -0.05) is 0 Å². The standard InChI is InChI=1S/C12H22N2O2/c1-10(2)14-11(15)8-16-9-12(14)4-3-6-13-7-5-12/h10,13H,3-9H2,1-2H3. The fourth-order valence-electron chi connectivity index (χ4n) is 3.07. The van der Waals surface area contributed by atoms with Gasteiger partial charge in [-0.25, -0.2) is 0 Å². The van der Waals surface area contributed by atoms with Crippen LogP contribution in [0.3, 0.4) is 0 Å². The molecule has 0 aliphatic carbocycles. The average molecular weight is 226 g/mol. The van der Waals surface area contributed by atoms with Crippen molar-refractivity contribution in [1.82, 2.24) is 10.2 Å². The highest BCUT2D eigenvalue weighted by molar-refractivity contribution is 5.79. The number of nitrogens with zero attached hydrogens (tertiary/aromatic N) is 1. The van der Waals surface area contributed by atoms with Crippen molar-refractivity contribution in [2.24, 2.45) is 0 Å². The number of amides is 1. The largest absolute Gasteiger partial charge is 0.369 e. The molecule has 2 saturated heterocycles. The minimum absolute atomic E-state index is 0.0486. The number of carbonyl (C=O) groups excluding carboxylic acids is 1. The van der Waals surface area contributed by atoms with Crippen LogP contribution in [0.15, 0.2) is 0 Å². The number of nitrogens with one attached hydrogen (secondary N) is 1. The van der Waals surface area contributed by atoms with E-state index in [0.717, 1.165) is 32.4 Å². The Morgan fingerprint density at radius 3 is 2.94 bits per heavy atom. The highest BCUT2D eigenvalue weighted by atomic mass is 16.5. The van der Waals surface area contributed by atoms with Gasteiger partial charge < -0.3 is 15.0 Å². The van der Waals surface area contributed by atoms with E-state index in [0.29, 0.717) is 6.61 Å². The lowest BCUT2D eigenvalue weighted by Gasteiger charge is -2.48. The van der Waals surface area contributed by atoms with Gasteiger partial charge in [-0.15, -0.1) is 0 Å². The van der Waals surface area contributed by atoms with Crippen LogP contribution in [-0.4, -0.2) is 48.7 Å². The molecule has 0 saturated carbocycles. The zero-order chi connectivity index (χ0) is 11.6. The van der Waals surface area contributed by atoms with E-state index in [4.69, 9.17) is 4.74 Å². The molecule has 92 valence electrons. The van der Waals surface area contributed by atoms with Gasteiger partial charge >= 0.3 is 0 Å². The van der Waals surface area contributed by atoms with Crippen LogP contribution in [0.4, 0.5) is 0 Å². The molecule has 0 aromatic rings. The third kappa shape index (κ3) is 2.09. The van der Waals surface area contributed by atoms with Crippen LogP contribution in [0.5, 0.6) is 0 Å². The van der Waals surface area contributed by atoms with E-state index in [9.17, 15) is 4.79 Å². The Labute approximate surface area is 97.3 Å². The molecule has 2 aliphatic rings. The fraction of sp³-hybridized carbons (Fsp3) is 0.917. The van der Waals surface area contributed by atoms with Gasteiger partial charge in [0.05, 0.1) is 12.1 Å². The third-order valence-corrected chi connectivity index (χ3v) is 3.66. The zero-order valence-electron chi connectivity index (χ0n) is 10.3. The summed E-state index contributed by atoms with van der Waals surface area (Å²) in [4.78, 5) is 14.1. The Morgan fingerprint density at radius 2 is 2.19 bits per heavy atom. The van der Waals surface area contributed by atoms with Crippen molar-refractivity contribution >= 4 is 5.91 Å². The smallest absolute Gasteiger partial charge is 0.249 e. The summed E-state index contributed by atoms with van der Waals surface area (Å²) in [5.74, 6) is 0.156. The van der Waals surface area contributed by atoms with Gasteiger partial charge in [0.1, 0.15) is 6.61 Å². The molecule has 4 heteroatoms. The van der Waals surface area contributed by atoms with Crippen molar-refractivity contribution in [2.45, 2.75) is 44.7 Å². The van der Waals surface area contributed by atoms with Crippen molar-refractivity contribution < 1.29 is 9.53 Å². The van der Waals surface area contributed by atoms with E-state index in [1.54, 1.807) is 0 Å². The predicted octanol–water partition coefficient (Wildman–Crippen LogP) is 0.766. The highest BCUT2D eigenvalue weighted by Crippen LogP contribution is 2.32. The number of hydrogen-bond acceptors (Lipinski definition) is 3. The topological polar surface area (TPSA) is 41.6 Å². The molecule has 2 fully saturated rings. The monoisotopic (exact) mass is 226 g/mol. The quantitative estimate of drug-likeness (QED) is 0.718. The number of hydrogen-bond donors (Lipinski definition) is 1. The summed E-state index contributed by atoms with van der Waals surface area (Å²) in [6.07, 6.45) is 3.20. The van der Waals surface area contributed by atoms with Gasteiger partial charge in [-0.2, -0.15) is 0 Å². The zero-order valence-corrected chi connectivity index (χ0v) is 10.3. The lowest BCUT2D eigenvalue weighted by molar-refractivity contribution is -0.163. The molecule has 1 unspecified atom stereocenters. The number of morpholine rings is 1. The molecular formula is C12H22N2O2. The van der Waals surface area contributed by atoms with Gasteiger partial charge in [0.15, 0.2) is 0 Å². The first kappa shape index (κ1) is 11.9. The molecule has 1 N–H and O–H groups in total. The number of ether oxygens (including phenoxy) is 1. The van der Waals surface area contributed by atoms with Gasteiger partial charge in [0, 0.05) is 6.04 Å². The SMILES string of the molecule is CC(C)N1C(=O)COCC12CCCNCC2. The molecule has 16 heavy (non-hydrogen) atoms. The van der Waals surface area contributed by atoms with E-state index >= 15 is 0 Å². The molecule has 1 atom stereocenters. The Morgan fingerprint density at radius 1 is 1.38 bits per heavy atom. The van der Waals surface area contributed by atoms with E-state index in [1.165, 1.54) is 0 Å². The molecule has 0 bridgehead atoms. The van der Waals surface area contributed by atoms with E-state index in [1.807, 2.05) is 0 Å². The van der Waals surface area contributed by atoms with Crippen LogP contribution >= 0.6 is 0 Å². The lowest BCUT2D eigenvalue weighted by atomic mass is 9.87. The second-order valence-electron chi connectivity index (χ2n) is 5.18. The van der Waals surface area contributed by atoms with Gasteiger partial charge in [-0.3, -0.25) is 4.79 Å². The Bertz CT molecular complexity index is 258. The van der Waals surface area contributed by atoms with Crippen LogP contribution in [0, 0.1) is 0 Å². The number of carbonyl (C=O) groups is 1. The molecule has 2 aliphatic heterocycles. The molecule has 4 nitrogen and oxygen atoms in total. The third-order valence-electron chi connectivity index (χ3n) is 3.66. The van der Waals surface area contributed by atoms with Crippen molar-refractivity contribution in [1.29, 1.82) is 0 Å². The van der Waals surface area contributed by atoms with E-state index in [2.05, 4.69) is 24.1 Å². The predicted molar refractivity (Wildman–Crippen MR) is 62.3 cm³/mol. The second-order valence-corrected chi connectivity index (χ2v) is 5.18. The van der Waals surface area contributed by atoms with Gasteiger partial charge in [0.25, 0.3) is 0 Å². The van der Waals surface area contributed by atoms with Crippen LogP contribution in [0.25, 0.3) is 0 Å². The summed E-state index contributed by atoms with van der Waals surface area (Å²) in [6.45, 7) is 7.21. The first-order chi connectivity index (χ1) is 7.66. The highest BCUT2D eigenvalue weighted by Gasteiger charge is 2.44. The molecule has 0 aromatic carbocycles. The van der Waals surface area contributed by atoms with Crippen molar-refractivity contribution in [2.75, 3.05) is 26.3 Å². The molecule has 1 spiro atoms. The van der Waals surface area contributed by atoms with E-state index in [-0.39, 0.29) is 24.1 Å². The summed E-state index contributed by atoms with van der Waals surface area (Å²) in [7, 11) is 0. The molecule has 0 radical (unpaired) electrons. The first-order valence-corrected chi connectivity index (χ1v) is 6.26. The van der Waals surface area contributed by atoms with Gasteiger partial charge in [-0.05, 0) is 46.2 Å².